The van der Waals surface area contributed by atoms with Crippen molar-refractivity contribution in [2.75, 3.05) is 14.2 Å². The summed E-state index contributed by atoms with van der Waals surface area (Å²) in [7, 11) is 3.09. The van der Waals surface area contributed by atoms with Crippen LogP contribution in [0.15, 0.2) is 18.2 Å². The normalized spacial score (nSPS) is 16.3. The number of carbonyl (C=O) groups is 1. The molecule has 0 aliphatic heterocycles. The van der Waals surface area contributed by atoms with Crippen molar-refractivity contribution in [3.63, 3.8) is 0 Å². The van der Waals surface area contributed by atoms with Crippen molar-refractivity contribution < 1.29 is 14.3 Å². The van der Waals surface area contributed by atoms with Gasteiger partial charge < -0.3 is 9.47 Å². The Morgan fingerprint density at radius 3 is 2.50 bits per heavy atom. The van der Waals surface area contributed by atoms with Gasteiger partial charge in [-0.15, -0.1) is 0 Å². The first-order valence-electron chi connectivity index (χ1n) is 6.52. The van der Waals surface area contributed by atoms with Crippen molar-refractivity contribution >= 4 is 5.97 Å². The fourth-order valence-corrected chi connectivity index (χ4v) is 2.71. The molecule has 0 bridgehead atoms. The molecule has 2 rings (SSSR count). The number of carbonyl (C=O) groups excluding carboxylic acids is 1. The molecule has 0 aromatic heterocycles. The number of rotatable bonds is 3. The first kappa shape index (κ1) is 12.9. The number of esters is 1. The third-order valence-corrected chi connectivity index (χ3v) is 3.70. The lowest BCUT2D eigenvalue weighted by molar-refractivity contribution is 0.0600. The zero-order valence-electron chi connectivity index (χ0n) is 11.1. The summed E-state index contributed by atoms with van der Waals surface area (Å²) < 4.78 is 10.2. The molecule has 1 aliphatic carbocycles. The highest BCUT2D eigenvalue weighted by Crippen LogP contribution is 2.37. The van der Waals surface area contributed by atoms with Crippen molar-refractivity contribution in [2.45, 2.75) is 38.0 Å². The van der Waals surface area contributed by atoms with Crippen LogP contribution in [0.25, 0.3) is 0 Å². The average molecular weight is 248 g/mol. The molecule has 3 nitrogen and oxygen atoms in total. The van der Waals surface area contributed by atoms with Crippen LogP contribution in [0.1, 0.15) is 53.9 Å². The highest BCUT2D eigenvalue weighted by Gasteiger charge is 2.20. The maximum absolute atomic E-state index is 11.6. The largest absolute Gasteiger partial charge is 0.496 e. The quantitative estimate of drug-likeness (QED) is 0.768. The Balaban J connectivity index is 2.32. The zero-order chi connectivity index (χ0) is 13.0. The van der Waals surface area contributed by atoms with Gasteiger partial charge in [0.1, 0.15) is 5.75 Å². The summed E-state index contributed by atoms with van der Waals surface area (Å²) in [4.78, 5) is 11.6. The van der Waals surface area contributed by atoms with Crippen molar-refractivity contribution in [1.82, 2.24) is 0 Å². The SMILES string of the molecule is COC(=O)c1ccc(OC)c(C2CCCCC2)c1. The van der Waals surface area contributed by atoms with Gasteiger partial charge in [-0.2, -0.15) is 0 Å². The van der Waals surface area contributed by atoms with Crippen molar-refractivity contribution in [2.24, 2.45) is 0 Å². The maximum Gasteiger partial charge on any atom is 0.337 e. The van der Waals surface area contributed by atoms with Crippen LogP contribution in [0, 0.1) is 0 Å². The van der Waals surface area contributed by atoms with Crippen LogP contribution in [0.3, 0.4) is 0 Å². The van der Waals surface area contributed by atoms with Gasteiger partial charge in [0, 0.05) is 0 Å². The third-order valence-electron chi connectivity index (χ3n) is 3.70. The summed E-state index contributed by atoms with van der Waals surface area (Å²) in [5.41, 5.74) is 1.76. The molecule has 0 unspecified atom stereocenters. The van der Waals surface area contributed by atoms with Gasteiger partial charge in [-0.05, 0) is 42.5 Å². The van der Waals surface area contributed by atoms with Gasteiger partial charge in [0.15, 0.2) is 0 Å². The first-order valence-corrected chi connectivity index (χ1v) is 6.52. The molecular formula is C15H20O3. The van der Waals surface area contributed by atoms with E-state index in [1.807, 2.05) is 12.1 Å². The molecule has 1 aromatic rings. The second-order valence-corrected chi connectivity index (χ2v) is 4.78. The molecule has 0 amide bonds. The van der Waals surface area contributed by atoms with Crippen LogP contribution in [0.2, 0.25) is 0 Å². The molecule has 0 atom stereocenters. The van der Waals surface area contributed by atoms with E-state index in [4.69, 9.17) is 9.47 Å². The zero-order valence-corrected chi connectivity index (χ0v) is 11.1. The van der Waals surface area contributed by atoms with Crippen molar-refractivity contribution in [3.8, 4) is 5.75 Å². The number of hydrogen-bond donors (Lipinski definition) is 0. The highest BCUT2D eigenvalue weighted by atomic mass is 16.5. The maximum atomic E-state index is 11.6. The van der Waals surface area contributed by atoms with E-state index < -0.39 is 0 Å². The Labute approximate surface area is 108 Å². The van der Waals surface area contributed by atoms with Gasteiger partial charge in [0.25, 0.3) is 0 Å². The molecule has 3 heteroatoms. The molecule has 0 radical (unpaired) electrons. The molecule has 1 aromatic carbocycles. The number of methoxy groups -OCH3 is 2. The van der Waals surface area contributed by atoms with Gasteiger partial charge in [-0.3, -0.25) is 0 Å². The van der Waals surface area contributed by atoms with Crippen LogP contribution in [-0.4, -0.2) is 20.2 Å². The van der Waals surface area contributed by atoms with E-state index >= 15 is 0 Å². The number of benzene rings is 1. The smallest absolute Gasteiger partial charge is 0.337 e. The van der Waals surface area contributed by atoms with Gasteiger partial charge in [-0.1, -0.05) is 19.3 Å². The van der Waals surface area contributed by atoms with Gasteiger partial charge in [0.05, 0.1) is 19.8 Å². The molecule has 0 N–H and O–H groups in total. The molecule has 1 saturated carbocycles. The van der Waals surface area contributed by atoms with Crippen molar-refractivity contribution in [1.29, 1.82) is 0 Å². The van der Waals surface area contributed by atoms with E-state index in [0.29, 0.717) is 11.5 Å². The van der Waals surface area contributed by atoms with Gasteiger partial charge in [0.2, 0.25) is 0 Å². The van der Waals surface area contributed by atoms with Gasteiger partial charge >= 0.3 is 5.97 Å². The first-order chi connectivity index (χ1) is 8.76. The average Bonchev–Trinajstić information content (AvgIpc) is 2.46. The second-order valence-electron chi connectivity index (χ2n) is 4.78. The summed E-state index contributed by atoms with van der Waals surface area (Å²) in [6.07, 6.45) is 6.20. The van der Waals surface area contributed by atoms with E-state index in [0.717, 1.165) is 11.3 Å². The molecule has 1 fully saturated rings. The molecule has 18 heavy (non-hydrogen) atoms. The summed E-state index contributed by atoms with van der Waals surface area (Å²) in [5.74, 6) is 1.11. The minimum absolute atomic E-state index is 0.283. The van der Waals surface area contributed by atoms with E-state index in [-0.39, 0.29) is 5.97 Å². The van der Waals surface area contributed by atoms with Crippen LogP contribution in [0.5, 0.6) is 5.75 Å². The van der Waals surface area contributed by atoms with Crippen molar-refractivity contribution in [3.05, 3.63) is 29.3 Å². The standard InChI is InChI=1S/C15H20O3/c1-17-14-9-8-12(15(16)18-2)10-13(14)11-6-4-3-5-7-11/h8-11H,3-7H2,1-2H3. The topological polar surface area (TPSA) is 35.5 Å². The third kappa shape index (κ3) is 2.66. The molecule has 98 valence electrons. The Morgan fingerprint density at radius 2 is 1.89 bits per heavy atom. The van der Waals surface area contributed by atoms with Gasteiger partial charge in [-0.25, -0.2) is 4.79 Å². The summed E-state index contributed by atoms with van der Waals surface area (Å²) >= 11 is 0. The second kappa shape index (κ2) is 5.89. The monoisotopic (exact) mass is 248 g/mol. The number of hydrogen-bond acceptors (Lipinski definition) is 3. The van der Waals surface area contributed by atoms with E-state index in [9.17, 15) is 4.79 Å². The van der Waals surface area contributed by atoms with Crippen LogP contribution in [0.4, 0.5) is 0 Å². The number of ether oxygens (including phenoxy) is 2. The minimum atomic E-state index is -0.283. The Kier molecular flexibility index (Phi) is 4.24. The summed E-state index contributed by atoms with van der Waals surface area (Å²) in [6, 6.07) is 5.56. The Hall–Kier alpha value is -1.51. The van der Waals surface area contributed by atoms with E-state index in [1.54, 1.807) is 13.2 Å². The Morgan fingerprint density at radius 1 is 1.17 bits per heavy atom. The summed E-state index contributed by atoms with van der Waals surface area (Å²) in [6.45, 7) is 0. The fraction of sp³-hybridized carbons (Fsp3) is 0.533. The molecule has 0 spiro atoms. The molecule has 0 saturated heterocycles. The van der Waals surface area contributed by atoms with Crippen LogP contribution < -0.4 is 4.74 Å². The minimum Gasteiger partial charge on any atom is -0.496 e. The van der Waals surface area contributed by atoms with E-state index in [1.165, 1.54) is 39.2 Å². The van der Waals surface area contributed by atoms with Crippen LogP contribution >= 0.6 is 0 Å². The lowest BCUT2D eigenvalue weighted by Crippen LogP contribution is -2.09. The lowest BCUT2D eigenvalue weighted by Gasteiger charge is -2.24. The predicted octanol–water partition coefficient (Wildman–Crippen LogP) is 3.53. The molecular weight excluding hydrogens is 228 g/mol. The highest BCUT2D eigenvalue weighted by molar-refractivity contribution is 5.89. The van der Waals surface area contributed by atoms with E-state index in [2.05, 4.69) is 0 Å². The molecule has 0 heterocycles. The molecule has 1 aliphatic rings. The Bertz CT molecular complexity index is 420. The lowest BCUT2D eigenvalue weighted by atomic mass is 9.83. The summed E-state index contributed by atoms with van der Waals surface area (Å²) in [5, 5.41) is 0. The fourth-order valence-electron chi connectivity index (χ4n) is 2.71. The predicted molar refractivity (Wildman–Crippen MR) is 70.2 cm³/mol. The van der Waals surface area contributed by atoms with Crippen LogP contribution in [-0.2, 0) is 4.74 Å².